The Bertz CT molecular complexity index is 730. The second-order valence-electron chi connectivity index (χ2n) is 4.79. The lowest BCUT2D eigenvalue weighted by atomic mass is 9.98. The molecule has 21 heavy (non-hydrogen) atoms. The van der Waals surface area contributed by atoms with Crippen molar-refractivity contribution in [3.05, 3.63) is 40.3 Å². The van der Waals surface area contributed by atoms with Crippen LogP contribution in [0.1, 0.15) is 24.0 Å². The fourth-order valence-electron chi connectivity index (χ4n) is 2.20. The number of terminal acetylenes is 1. The standard InChI is InChI=1S/C15H16N2O3S/c1-2-5-14(15(16)18)17-21(19,20)13-9-8-11-6-3-4-7-12(11)10-13/h1,3-4,6-7,10,14,17H,5,8-9H2,(H2,16,18)/t14-/m0/s1. The molecule has 0 unspecified atom stereocenters. The number of sulfonamides is 1. The van der Waals surface area contributed by atoms with E-state index in [1.807, 2.05) is 24.3 Å². The molecule has 1 aliphatic carbocycles. The predicted octanol–water partition coefficient (Wildman–Crippen LogP) is 0.770. The zero-order chi connectivity index (χ0) is 15.5. The molecule has 1 aliphatic rings. The molecule has 3 N–H and O–H groups in total. The van der Waals surface area contributed by atoms with Gasteiger partial charge in [-0.05, 0) is 30.0 Å². The number of aryl methyl sites for hydroxylation is 1. The third-order valence-electron chi connectivity index (χ3n) is 3.32. The fourth-order valence-corrected chi connectivity index (χ4v) is 3.58. The quantitative estimate of drug-likeness (QED) is 0.787. The van der Waals surface area contributed by atoms with Gasteiger partial charge in [-0.15, -0.1) is 12.3 Å². The summed E-state index contributed by atoms with van der Waals surface area (Å²) in [5.41, 5.74) is 7.13. The largest absolute Gasteiger partial charge is 0.368 e. The SMILES string of the molecule is C#CC[C@H](NS(=O)(=O)C1=Cc2ccccc2CC1)C(N)=O. The Morgan fingerprint density at radius 2 is 2.10 bits per heavy atom. The molecule has 0 spiro atoms. The van der Waals surface area contributed by atoms with Crippen LogP contribution in [0.5, 0.6) is 0 Å². The Morgan fingerprint density at radius 1 is 1.38 bits per heavy atom. The van der Waals surface area contributed by atoms with E-state index in [1.165, 1.54) is 0 Å². The first-order valence-corrected chi connectivity index (χ1v) is 7.96. The summed E-state index contributed by atoms with van der Waals surface area (Å²) in [6, 6.07) is 6.51. The van der Waals surface area contributed by atoms with Crippen molar-refractivity contribution in [1.82, 2.24) is 4.72 Å². The van der Waals surface area contributed by atoms with Gasteiger partial charge in [-0.3, -0.25) is 4.79 Å². The Balaban J connectivity index is 2.27. The number of carbonyl (C=O) groups is 1. The van der Waals surface area contributed by atoms with Crippen molar-refractivity contribution in [3.63, 3.8) is 0 Å². The van der Waals surface area contributed by atoms with Crippen LogP contribution in [0.2, 0.25) is 0 Å². The van der Waals surface area contributed by atoms with Crippen molar-refractivity contribution >= 4 is 22.0 Å². The van der Waals surface area contributed by atoms with Crippen LogP contribution in [0.15, 0.2) is 29.2 Å². The third kappa shape index (κ3) is 3.51. The first-order chi connectivity index (χ1) is 9.94. The molecule has 1 aromatic rings. The number of amides is 1. The van der Waals surface area contributed by atoms with Gasteiger partial charge in [0.05, 0.1) is 4.91 Å². The highest BCUT2D eigenvalue weighted by Crippen LogP contribution is 2.26. The molecule has 0 aliphatic heterocycles. The molecular weight excluding hydrogens is 288 g/mol. The van der Waals surface area contributed by atoms with E-state index in [-0.39, 0.29) is 11.3 Å². The molecule has 6 heteroatoms. The van der Waals surface area contributed by atoms with Crippen LogP contribution in [0.4, 0.5) is 0 Å². The number of benzene rings is 1. The van der Waals surface area contributed by atoms with Crippen LogP contribution in [-0.4, -0.2) is 20.4 Å². The van der Waals surface area contributed by atoms with Gasteiger partial charge >= 0.3 is 0 Å². The second-order valence-corrected chi connectivity index (χ2v) is 6.56. The fraction of sp³-hybridized carbons (Fsp3) is 0.267. The number of carbonyl (C=O) groups excluding carboxylic acids is 1. The van der Waals surface area contributed by atoms with Crippen LogP contribution < -0.4 is 10.5 Å². The Labute approximate surface area is 124 Å². The summed E-state index contributed by atoms with van der Waals surface area (Å²) in [7, 11) is -3.78. The summed E-state index contributed by atoms with van der Waals surface area (Å²) in [6.45, 7) is 0. The summed E-state index contributed by atoms with van der Waals surface area (Å²) in [5, 5.41) is 0. The zero-order valence-electron chi connectivity index (χ0n) is 11.4. The van der Waals surface area contributed by atoms with Crippen molar-refractivity contribution in [2.75, 3.05) is 0 Å². The molecular formula is C15H16N2O3S. The molecule has 0 saturated carbocycles. The van der Waals surface area contributed by atoms with E-state index in [9.17, 15) is 13.2 Å². The molecule has 2 rings (SSSR count). The van der Waals surface area contributed by atoms with E-state index >= 15 is 0 Å². The number of rotatable bonds is 5. The Kier molecular flexibility index (Phi) is 4.46. The molecule has 1 amide bonds. The lowest BCUT2D eigenvalue weighted by molar-refractivity contribution is -0.119. The molecule has 5 nitrogen and oxygen atoms in total. The summed E-state index contributed by atoms with van der Waals surface area (Å²) in [5.74, 6) is 1.46. The maximum absolute atomic E-state index is 12.3. The molecule has 1 aromatic carbocycles. The van der Waals surface area contributed by atoms with Crippen LogP contribution >= 0.6 is 0 Å². The van der Waals surface area contributed by atoms with Crippen molar-refractivity contribution in [2.45, 2.75) is 25.3 Å². The number of nitrogens with two attached hydrogens (primary N) is 1. The third-order valence-corrected chi connectivity index (χ3v) is 4.93. The van der Waals surface area contributed by atoms with Crippen molar-refractivity contribution in [2.24, 2.45) is 5.73 Å². The first-order valence-electron chi connectivity index (χ1n) is 6.47. The van der Waals surface area contributed by atoms with Gasteiger partial charge in [-0.25, -0.2) is 8.42 Å². The topological polar surface area (TPSA) is 89.3 Å². The number of allylic oxidation sites excluding steroid dienone is 1. The molecule has 0 radical (unpaired) electrons. The summed E-state index contributed by atoms with van der Waals surface area (Å²) in [6.07, 6.45) is 7.69. The van der Waals surface area contributed by atoms with E-state index in [0.29, 0.717) is 12.8 Å². The van der Waals surface area contributed by atoms with Crippen LogP contribution in [0.3, 0.4) is 0 Å². The van der Waals surface area contributed by atoms with Gasteiger partial charge in [0, 0.05) is 6.42 Å². The second kappa shape index (κ2) is 6.12. The normalized spacial score (nSPS) is 15.5. The van der Waals surface area contributed by atoms with Gasteiger partial charge in [0.25, 0.3) is 0 Å². The predicted molar refractivity (Wildman–Crippen MR) is 81.2 cm³/mol. The van der Waals surface area contributed by atoms with E-state index in [0.717, 1.165) is 11.1 Å². The minimum Gasteiger partial charge on any atom is -0.368 e. The Hall–Kier alpha value is -2.10. The van der Waals surface area contributed by atoms with E-state index in [1.54, 1.807) is 6.08 Å². The van der Waals surface area contributed by atoms with E-state index in [4.69, 9.17) is 12.2 Å². The van der Waals surface area contributed by atoms with Gasteiger partial charge in [0.1, 0.15) is 6.04 Å². The average Bonchev–Trinajstić information content (AvgIpc) is 2.46. The summed E-state index contributed by atoms with van der Waals surface area (Å²) in [4.78, 5) is 11.5. The van der Waals surface area contributed by atoms with Gasteiger partial charge in [0.2, 0.25) is 15.9 Å². The Morgan fingerprint density at radius 3 is 2.76 bits per heavy atom. The van der Waals surface area contributed by atoms with Crippen LogP contribution in [0.25, 0.3) is 6.08 Å². The zero-order valence-corrected chi connectivity index (χ0v) is 12.2. The monoisotopic (exact) mass is 304 g/mol. The number of hydrogen-bond acceptors (Lipinski definition) is 3. The minimum atomic E-state index is -3.78. The number of primary amides is 1. The lowest BCUT2D eigenvalue weighted by Crippen LogP contribution is -2.44. The summed E-state index contributed by atoms with van der Waals surface area (Å²) < 4.78 is 26.9. The summed E-state index contributed by atoms with van der Waals surface area (Å²) >= 11 is 0. The van der Waals surface area contributed by atoms with Gasteiger partial charge in [-0.2, -0.15) is 4.72 Å². The van der Waals surface area contributed by atoms with Gasteiger partial charge < -0.3 is 5.73 Å². The molecule has 110 valence electrons. The van der Waals surface area contributed by atoms with Crippen molar-refractivity contribution in [3.8, 4) is 12.3 Å². The molecule has 0 saturated heterocycles. The van der Waals surface area contributed by atoms with Crippen molar-refractivity contribution in [1.29, 1.82) is 0 Å². The smallest absolute Gasteiger partial charge is 0.237 e. The number of hydrogen-bond donors (Lipinski definition) is 2. The maximum Gasteiger partial charge on any atom is 0.237 e. The highest BCUT2D eigenvalue weighted by molar-refractivity contribution is 7.93. The van der Waals surface area contributed by atoms with Gasteiger partial charge in [0.15, 0.2) is 0 Å². The van der Waals surface area contributed by atoms with E-state index < -0.39 is 22.0 Å². The highest BCUT2D eigenvalue weighted by Gasteiger charge is 2.26. The van der Waals surface area contributed by atoms with Crippen LogP contribution in [-0.2, 0) is 21.2 Å². The molecule has 1 atom stereocenters. The molecule has 0 aromatic heterocycles. The molecule has 0 heterocycles. The van der Waals surface area contributed by atoms with Crippen LogP contribution in [0, 0.1) is 12.3 Å². The van der Waals surface area contributed by atoms with E-state index in [2.05, 4.69) is 10.6 Å². The highest BCUT2D eigenvalue weighted by atomic mass is 32.2. The molecule has 0 fully saturated rings. The lowest BCUT2D eigenvalue weighted by Gasteiger charge is -2.19. The van der Waals surface area contributed by atoms with Gasteiger partial charge in [-0.1, -0.05) is 24.3 Å². The van der Waals surface area contributed by atoms with Crippen molar-refractivity contribution < 1.29 is 13.2 Å². The minimum absolute atomic E-state index is 0.0710. The average molecular weight is 304 g/mol. The first kappa shape index (κ1) is 15.3. The number of nitrogens with one attached hydrogen (secondary N) is 1. The maximum atomic E-state index is 12.3. The molecule has 0 bridgehead atoms. The number of fused-ring (bicyclic) bond motifs is 1.